The van der Waals surface area contributed by atoms with E-state index in [9.17, 15) is 9.90 Å². The van der Waals surface area contributed by atoms with Crippen LogP contribution in [-0.4, -0.2) is 53.5 Å². The van der Waals surface area contributed by atoms with Crippen LogP contribution < -0.4 is 0 Å². The van der Waals surface area contributed by atoms with Crippen LogP contribution in [0.1, 0.15) is 20.1 Å². The van der Waals surface area contributed by atoms with E-state index < -0.39 is 5.97 Å². The Bertz CT molecular complexity index is 432. The Morgan fingerprint density at radius 2 is 2.44 bits per heavy atom. The number of carboxylic acids is 1. The summed E-state index contributed by atoms with van der Waals surface area (Å²) in [6.45, 7) is 4.62. The van der Waals surface area contributed by atoms with Gasteiger partial charge in [-0.25, -0.2) is 4.79 Å². The van der Waals surface area contributed by atoms with Crippen molar-refractivity contribution in [3.8, 4) is 0 Å². The average molecular weight is 271 g/mol. The van der Waals surface area contributed by atoms with Gasteiger partial charge in [-0.2, -0.15) is 0 Å². The van der Waals surface area contributed by atoms with E-state index in [-0.39, 0.29) is 12.6 Å². The molecule has 2 N–H and O–H groups in total. The van der Waals surface area contributed by atoms with Crippen molar-refractivity contribution in [3.63, 3.8) is 0 Å². The van der Waals surface area contributed by atoms with Gasteiger partial charge in [-0.15, -0.1) is 11.3 Å². The van der Waals surface area contributed by atoms with E-state index in [0.717, 1.165) is 17.0 Å². The van der Waals surface area contributed by atoms with Crippen molar-refractivity contribution in [2.24, 2.45) is 0 Å². The first-order valence-electron chi connectivity index (χ1n) is 5.87. The SMILES string of the molecule is Cc1sc(C(=O)O)cc1CN1CCOCC1CO. The van der Waals surface area contributed by atoms with Crippen LogP contribution in [0.3, 0.4) is 0 Å². The van der Waals surface area contributed by atoms with Gasteiger partial charge in [-0.1, -0.05) is 0 Å². The summed E-state index contributed by atoms with van der Waals surface area (Å²) < 4.78 is 5.32. The third-order valence-electron chi connectivity index (χ3n) is 3.17. The van der Waals surface area contributed by atoms with Gasteiger partial charge in [0.2, 0.25) is 0 Å². The molecule has 0 spiro atoms. The molecule has 1 aliphatic heterocycles. The minimum absolute atomic E-state index is 0.00586. The Labute approximate surface area is 110 Å². The molecular formula is C12H17NO4S. The fraction of sp³-hybridized carbons (Fsp3) is 0.583. The molecule has 100 valence electrons. The maximum absolute atomic E-state index is 10.9. The van der Waals surface area contributed by atoms with Crippen LogP contribution >= 0.6 is 11.3 Å². The molecule has 1 aromatic heterocycles. The number of ether oxygens (including phenoxy) is 1. The second-order valence-corrected chi connectivity index (χ2v) is 5.64. The summed E-state index contributed by atoms with van der Waals surface area (Å²) in [4.78, 5) is 14.5. The Balaban J connectivity index is 2.10. The first-order valence-corrected chi connectivity index (χ1v) is 6.68. The zero-order valence-electron chi connectivity index (χ0n) is 10.3. The molecule has 1 unspecified atom stereocenters. The summed E-state index contributed by atoms with van der Waals surface area (Å²) in [5.41, 5.74) is 1.03. The molecule has 0 amide bonds. The van der Waals surface area contributed by atoms with Crippen LogP contribution in [0.2, 0.25) is 0 Å². The number of aryl methyl sites for hydroxylation is 1. The topological polar surface area (TPSA) is 70.0 Å². The summed E-state index contributed by atoms with van der Waals surface area (Å²) in [5, 5.41) is 18.3. The van der Waals surface area contributed by atoms with Gasteiger partial charge < -0.3 is 14.9 Å². The van der Waals surface area contributed by atoms with E-state index in [0.29, 0.717) is 24.6 Å². The molecule has 2 heterocycles. The van der Waals surface area contributed by atoms with Crippen molar-refractivity contribution in [1.82, 2.24) is 4.90 Å². The van der Waals surface area contributed by atoms with E-state index in [2.05, 4.69) is 4.90 Å². The molecule has 0 saturated carbocycles. The second kappa shape index (κ2) is 5.79. The van der Waals surface area contributed by atoms with Gasteiger partial charge in [0.1, 0.15) is 4.88 Å². The lowest BCUT2D eigenvalue weighted by Gasteiger charge is -2.34. The first kappa shape index (κ1) is 13.5. The minimum atomic E-state index is -0.880. The van der Waals surface area contributed by atoms with E-state index in [4.69, 9.17) is 9.84 Å². The largest absolute Gasteiger partial charge is 0.477 e. The number of carboxylic acid groups (broad SMARTS) is 1. The normalized spacial score (nSPS) is 21.1. The molecule has 1 atom stereocenters. The van der Waals surface area contributed by atoms with Crippen LogP contribution in [0.4, 0.5) is 0 Å². The van der Waals surface area contributed by atoms with Crippen molar-refractivity contribution in [3.05, 3.63) is 21.4 Å². The molecule has 5 nitrogen and oxygen atoms in total. The molecule has 0 aliphatic carbocycles. The summed E-state index contributed by atoms with van der Waals surface area (Å²) in [6.07, 6.45) is 0. The van der Waals surface area contributed by atoms with Crippen LogP contribution in [0.15, 0.2) is 6.07 Å². The van der Waals surface area contributed by atoms with Gasteiger partial charge in [0, 0.05) is 18.0 Å². The smallest absolute Gasteiger partial charge is 0.345 e. The van der Waals surface area contributed by atoms with Gasteiger partial charge in [0.15, 0.2) is 0 Å². The summed E-state index contributed by atoms with van der Waals surface area (Å²) >= 11 is 1.30. The quantitative estimate of drug-likeness (QED) is 0.853. The number of carbonyl (C=O) groups is 1. The number of aromatic carboxylic acids is 1. The fourth-order valence-corrected chi connectivity index (χ4v) is 2.94. The molecule has 0 bridgehead atoms. The average Bonchev–Trinajstić information content (AvgIpc) is 2.72. The number of aliphatic hydroxyl groups is 1. The Kier molecular flexibility index (Phi) is 4.34. The highest BCUT2D eigenvalue weighted by Gasteiger charge is 2.23. The van der Waals surface area contributed by atoms with Gasteiger partial charge >= 0.3 is 5.97 Å². The first-order chi connectivity index (χ1) is 8.61. The number of rotatable bonds is 4. The number of thiophene rings is 1. The zero-order valence-corrected chi connectivity index (χ0v) is 11.1. The van der Waals surface area contributed by atoms with E-state index >= 15 is 0 Å². The molecule has 1 aromatic rings. The van der Waals surface area contributed by atoms with Gasteiger partial charge in [0.25, 0.3) is 0 Å². The van der Waals surface area contributed by atoms with Crippen LogP contribution in [0, 0.1) is 6.92 Å². The number of hydrogen-bond donors (Lipinski definition) is 2. The van der Waals surface area contributed by atoms with E-state index in [1.54, 1.807) is 6.07 Å². The van der Waals surface area contributed by atoms with Crippen LogP contribution in [0.5, 0.6) is 0 Å². The predicted octanol–water partition coefficient (Wildman–Crippen LogP) is 0.948. The van der Waals surface area contributed by atoms with Crippen molar-refractivity contribution in [2.45, 2.75) is 19.5 Å². The molecular weight excluding hydrogens is 254 g/mol. The lowest BCUT2D eigenvalue weighted by atomic mass is 10.1. The highest BCUT2D eigenvalue weighted by atomic mass is 32.1. The van der Waals surface area contributed by atoms with Crippen molar-refractivity contribution < 1.29 is 19.7 Å². The lowest BCUT2D eigenvalue weighted by molar-refractivity contribution is -0.0312. The lowest BCUT2D eigenvalue weighted by Crippen LogP contribution is -2.46. The van der Waals surface area contributed by atoms with Crippen LogP contribution in [0.25, 0.3) is 0 Å². The summed E-state index contributed by atoms with van der Waals surface area (Å²) in [5.74, 6) is -0.880. The number of morpholine rings is 1. The molecule has 1 fully saturated rings. The molecule has 18 heavy (non-hydrogen) atoms. The fourth-order valence-electron chi connectivity index (χ4n) is 2.07. The van der Waals surface area contributed by atoms with Crippen molar-refractivity contribution in [2.75, 3.05) is 26.4 Å². The minimum Gasteiger partial charge on any atom is -0.477 e. The second-order valence-electron chi connectivity index (χ2n) is 4.38. The number of aliphatic hydroxyl groups excluding tert-OH is 1. The Hall–Kier alpha value is -0.950. The van der Waals surface area contributed by atoms with Crippen molar-refractivity contribution >= 4 is 17.3 Å². The highest BCUT2D eigenvalue weighted by molar-refractivity contribution is 7.14. The monoisotopic (exact) mass is 271 g/mol. The molecule has 1 saturated heterocycles. The highest BCUT2D eigenvalue weighted by Crippen LogP contribution is 2.24. The van der Waals surface area contributed by atoms with Gasteiger partial charge in [0.05, 0.1) is 25.9 Å². The van der Waals surface area contributed by atoms with Gasteiger partial charge in [-0.05, 0) is 18.6 Å². The molecule has 6 heteroatoms. The summed E-state index contributed by atoms with van der Waals surface area (Å²) in [6, 6.07) is 1.73. The van der Waals surface area contributed by atoms with Gasteiger partial charge in [-0.3, -0.25) is 4.90 Å². The Morgan fingerprint density at radius 1 is 1.67 bits per heavy atom. The van der Waals surface area contributed by atoms with Crippen LogP contribution in [-0.2, 0) is 11.3 Å². The number of hydrogen-bond acceptors (Lipinski definition) is 5. The third-order valence-corrected chi connectivity index (χ3v) is 4.25. The van der Waals surface area contributed by atoms with Crippen molar-refractivity contribution in [1.29, 1.82) is 0 Å². The number of nitrogens with zero attached hydrogens (tertiary/aromatic N) is 1. The van der Waals surface area contributed by atoms with E-state index in [1.165, 1.54) is 11.3 Å². The van der Waals surface area contributed by atoms with E-state index in [1.807, 2.05) is 6.92 Å². The standard InChI is InChI=1S/C12H17NO4S/c1-8-9(4-11(18-8)12(15)16)5-13-2-3-17-7-10(13)6-14/h4,10,14H,2-3,5-7H2,1H3,(H,15,16). The molecule has 2 rings (SSSR count). The zero-order chi connectivity index (χ0) is 13.1. The Morgan fingerprint density at radius 3 is 3.06 bits per heavy atom. The summed E-state index contributed by atoms with van der Waals surface area (Å²) in [7, 11) is 0. The predicted molar refractivity (Wildman–Crippen MR) is 68.1 cm³/mol. The third kappa shape index (κ3) is 2.89. The molecule has 0 aromatic carbocycles. The maximum atomic E-state index is 10.9. The molecule has 0 radical (unpaired) electrons. The maximum Gasteiger partial charge on any atom is 0.345 e. The molecule has 1 aliphatic rings.